The Labute approximate surface area is 132 Å². The van der Waals surface area contributed by atoms with Gasteiger partial charge in [0, 0.05) is 18.5 Å². The van der Waals surface area contributed by atoms with Crippen LogP contribution in [-0.4, -0.2) is 29.6 Å². The van der Waals surface area contributed by atoms with E-state index in [0.29, 0.717) is 23.6 Å². The molecule has 114 valence electrons. The van der Waals surface area contributed by atoms with Gasteiger partial charge in [0.05, 0.1) is 0 Å². The Bertz CT molecular complexity index is 667. The summed E-state index contributed by atoms with van der Waals surface area (Å²) < 4.78 is 0. The maximum Gasteiger partial charge on any atom is 0.119 e. The number of rotatable bonds is 2. The minimum absolute atomic E-state index is 0.490. The first-order valence-electron chi connectivity index (χ1n) is 8.29. The van der Waals surface area contributed by atoms with Crippen molar-refractivity contribution in [3.05, 3.63) is 65.2 Å². The van der Waals surface area contributed by atoms with Crippen LogP contribution < -0.4 is 0 Å². The molecule has 1 aliphatic carbocycles. The van der Waals surface area contributed by atoms with Gasteiger partial charge in [-0.2, -0.15) is 0 Å². The van der Waals surface area contributed by atoms with Crippen LogP contribution >= 0.6 is 0 Å². The van der Waals surface area contributed by atoms with Crippen molar-refractivity contribution in [1.82, 2.24) is 4.90 Å². The summed E-state index contributed by atoms with van der Waals surface area (Å²) in [5, 5.41) is 10.2. The molecule has 1 fully saturated rings. The van der Waals surface area contributed by atoms with Crippen molar-refractivity contribution >= 4 is 0 Å². The molecule has 2 nitrogen and oxygen atoms in total. The highest BCUT2D eigenvalue weighted by Gasteiger charge is 2.43. The van der Waals surface area contributed by atoms with E-state index in [2.05, 4.69) is 48.3 Å². The molecule has 0 aromatic heterocycles. The maximum atomic E-state index is 10.2. The van der Waals surface area contributed by atoms with Crippen LogP contribution in [0.5, 0.6) is 5.75 Å². The third kappa shape index (κ3) is 2.22. The van der Waals surface area contributed by atoms with Gasteiger partial charge < -0.3 is 10.0 Å². The number of nitrogens with zero attached hydrogens (tertiary/aromatic N) is 1. The second kappa shape index (κ2) is 5.44. The van der Waals surface area contributed by atoms with E-state index >= 15 is 0 Å². The highest BCUT2D eigenvalue weighted by atomic mass is 16.3. The van der Waals surface area contributed by atoms with Gasteiger partial charge in [0.1, 0.15) is 5.75 Å². The van der Waals surface area contributed by atoms with E-state index in [4.69, 9.17) is 0 Å². The van der Waals surface area contributed by atoms with E-state index in [9.17, 15) is 5.11 Å². The van der Waals surface area contributed by atoms with Gasteiger partial charge in [0.15, 0.2) is 0 Å². The SMILES string of the molecule is CN1C[C@H](Cc2ccccc2)[C@@H]2c3cccc(O)c3CC[C@@H]21. The molecule has 22 heavy (non-hydrogen) atoms. The fraction of sp³-hybridized carbons (Fsp3) is 0.400. The van der Waals surface area contributed by atoms with Crippen molar-refractivity contribution < 1.29 is 5.11 Å². The van der Waals surface area contributed by atoms with Crippen molar-refractivity contribution in [2.45, 2.75) is 31.2 Å². The lowest BCUT2D eigenvalue weighted by Gasteiger charge is -2.33. The molecule has 1 saturated heterocycles. The molecule has 0 saturated carbocycles. The quantitative estimate of drug-likeness (QED) is 0.914. The average molecular weight is 293 g/mol. The Balaban J connectivity index is 1.70. The number of hydrogen-bond acceptors (Lipinski definition) is 2. The van der Waals surface area contributed by atoms with Gasteiger partial charge in [0.25, 0.3) is 0 Å². The summed E-state index contributed by atoms with van der Waals surface area (Å²) in [6, 6.07) is 17.5. The van der Waals surface area contributed by atoms with Crippen molar-refractivity contribution in [3.63, 3.8) is 0 Å². The number of benzene rings is 2. The first-order valence-corrected chi connectivity index (χ1v) is 8.29. The number of likely N-dealkylation sites (tertiary alicyclic amines) is 1. The summed E-state index contributed by atoms with van der Waals surface area (Å²) in [4.78, 5) is 2.53. The van der Waals surface area contributed by atoms with Crippen LogP contribution in [0.4, 0.5) is 0 Å². The Hall–Kier alpha value is -1.80. The van der Waals surface area contributed by atoms with Crippen molar-refractivity contribution in [1.29, 1.82) is 0 Å². The molecule has 1 aliphatic heterocycles. The predicted molar refractivity (Wildman–Crippen MR) is 89.2 cm³/mol. The molecule has 3 atom stereocenters. The first-order chi connectivity index (χ1) is 10.7. The van der Waals surface area contributed by atoms with Crippen LogP contribution in [0.2, 0.25) is 0 Å². The molecule has 4 rings (SSSR count). The van der Waals surface area contributed by atoms with Crippen molar-refractivity contribution in [2.24, 2.45) is 5.92 Å². The van der Waals surface area contributed by atoms with Crippen LogP contribution in [0.3, 0.4) is 0 Å². The zero-order chi connectivity index (χ0) is 15.1. The molecular formula is C20H23NO. The third-order valence-corrected chi connectivity index (χ3v) is 5.59. The fourth-order valence-corrected chi connectivity index (χ4v) is 4.65. The number of hydrogen-bond donors (Lipinski definition) is 1. The van der Waals surface area contributed by atoms with Gasteiger partial charge in [-0.3, -0.25) is 0 Å². The summed E-state index contributed by atoms with van der Waals surface area (Å²) >= 11 is 0. The molecule has 1 N–H and O–H groups in total. The molecule has 0 radical (unpaired) electrons. The normalized spacial score (nSPS) is 27.4. The Morgan fingerprint density at radius 2 is 1.91 bits per heavy atom. The number of phenolic OH excluding ortho intramolecular Hbond substituents is 1. The standard InChI is InChI=1S/C20H23NO/c1-21-13-15(12-14-6-3-2-4-7-14)20-17-8-5-9-19(22)16(17)10-11-18(20)21/h2-9,15,18,20,22H,10-13H2,1H3/t15-,18-,20+/m0/s1. The summed E-state index contributed by atoms with van der Waals surface area (Å²) in [5.74, 6) is 1.68. The molecule has 0 unspecified atom stereocenters. The van der Waals surface area contributed by atoms with Gasteiger partial charge in [0.2, 0.25) is 0 Å². The predicted octanol–water partition coefficient (Wildman–Crippen LogP) is 3.59. The van der Waals surface area contributed by atoms with E-state index in [1.807, 2.05) is 12.1 Å². The largest absolute Gasteiger partial charge is 0.508 e. The number of phenols is 1. The zero-order valence-corrected chi connectivity index (χ0v) is 13.1. The molecule has 2 aliphatic rings. The smallest absolute Gasteiger partial charge is 0.119 e. The Kier molecular flexibility index (Phi) is 3.42. The first kappa shape index (κ1) is 13.8. The van der Waals surface area contributed by atoms with E-state index < -0.39 is 0 Å². The lowest BCUT2D eigenvalue weighted by atomic mass is 9.73. The van der Waals surface area contributed by atoms with Crippen molar-refractivity contribution in [3.8, 4) is 5.75 Å². The van der Waals surface area contributed by atoms with Crippen LogP contribution in [0.25, 0.3) is 0 Å². The fourth-order valence-electron chi connectivity index (χ4n) is 4.65. The van der Waals surface area contributed by atoms with Crippen LogP contribution in [0, 0.1) is 5.92 Å². The second-order valence-corrected chi connectivity index (χ2v) is 6.87. The lowest BCUT2D eigenvalue weighted by Crippen LogP contribution is -2.32. The molecule has 0 spiro atoms. The minimum atomic E-state index is 0.490. The molecular weight excluding hydrogens is 270 g/mol. The van der Waals surface area contributed by atoms with Crippen molar-refractivity contribution in [2.75, 3.05) is 13.6 Å². The summed E-state index contributed by atoms with van der Waals surface area (Å²) in [6.45, 7) is 1.15. The summed E-state index contributed by atoms with van der Waals surface area (Å²) in [7, 11) is 2.26. The van der Waals surface area contributed by atoms with Gasteiger partial charge >= 0.3 is 0 Å². The monoisotopic (exact) mass is 293 g/mol. The summed E-state index contributed by atoms with van der Waals surface area (Å²) in [6.07, 6.45) is 3.30. The number of likely N-dealkylation sites (N-methyl/N-ethyl adjacent to an activating group) is 1. The zero-order valence-electron chi connectivity index (χ0n) is 13.1. The lowest BCUT2D eigenvalue weighted by molar-refractivity contribution is 0.273. The van der Waals surface area contributed by atoms with Gasteiger partial charge in [-0.25, -0.2) is 0 Å². The van der Waals surface area contributed by atoms with Crippen LogP contribution in [-0.2, 0) is 12.8 Å². The van der Waals surface area contributed by atoms with Crippen LogP contribution in [0.1, 0.15) is 29.0 Å². The second-order valence-electron chi connectivity index (χ2n) is 6.87. The molecule has 1 heterocycles. The number of fused-ring (bicyclic) bond motifs is 3. The Morgan fingerprint density at radius 3 is 2.73 bits per heavy atom. The average Bonchev–Trinajstić information content (AvgIpc) is 2.85. The van der Waals surface area contributed by atoms with Gasteiger partial charge in [-0.15, -0.1) is 0 Å². The van der Waals surface area contributed by atoms with Gasteiger partial charge in [-0.05, 0) is 55.0 Å². The third-order valence-electron chi connectivity index (χ3n) is 5.59. The van der Waals surface area contributed by atoms with Crippen LogP contribution in [0.15, 0.2) is 48.5 Å². The van der Waals surface area contributed by atoms with E-state index in [0.717, 1.165) is 25.8 Å². The summed E-state index contributed by atoms with van der Waals surface area (Å²) in [5.41, 5.74) is 4.01. The molecule has 0 bridgehead atoms. The Morgan fingerprint density at radius 1 is 1.09 bits per heavy atom. The number of aromatic hydroxyl groups is 1. The van der Waals surface area contributed by atoms with E-state index in [-0.39, 0.29) is 0 Å². The topological polar surface area (TPSA) is 23.5 Å². The highest BCUT2D eigenvalue weighted by molar-refractivity contribution is 5.45. The van der Waals surface area contributed by atoms with E-state index in [1.165, 1.54) is 16.7 Å². The highest BCUT2D eigenvalue weighted by Crippen LogP contribution is 2.47. The minimum Gasteiger partial charge on any atom is -0.508 e. The maximum absolute atomic E-state index is 10.2. The molecule has 2 aromatic carbocycles. The van der Waals surface area contributed by atoms with Gasteiger partial charge in [-0.1, -0.05) is 42.5 Å². The molecule has 2 heteroatoms. The molecule has 2 aromatic rings. The van der Waals surface area contributed by atoms with E-state index in [1.54, 1.807) is 0 Å². The molecule has 0 amide bonds.